The fourth-order valence-electron chi connectivity index (χ4n) is 4.65. The number of anilines is 1. The summed E-state index contributed by atoms with van der Waals surface area (Å²) in [6.07, 6.45) is -4.97. The molecule has 0 spiro atoms. The lowest BCUT2D eigenvalue weighted by Crippen LogP contribution is -2.49. The fourth-order valence-corrected chi connectivity index (χ4v) is 4.65. The molecule has 13 heteroatoms. The molecule has 0 radical (unpaired) electrons. The molecule has 0 fully saturated rings. The number of ether oxygens (including phenoxy) is 2. The number of amides is 4. The molecule has 4 atom stereocenters. The number of fused-ring (bicyclic) bond motifs is 1. The molecular formula is C30H47F3N4O6. The Labute approximate surface area is 252 Å². The smallest absolute Gasteiger partial charge is 0.389 e. The number of nitrogens with one attached hydrogen (secondary N) is 2. The molecule has 1 aliphatic rings. The number of aliphatic hydroxyl groups is 1. The van der Waals surface area contributed by atoms with E-state index in [1.54, 1.807) is 18.9 Å². The molecule has 1 aliphatic heterocycles. The third kappa shape index (κ3) is 12.2. The van der Waals surface area contributed by atoms with E-state index >= 15 is 0 Å². The van der Waals surface area contributed by atoms with Gasteiger partial charge in [0, 0.05) is 50.8 Å². The Balaban J connectivity index is 2.42. The Bertz CT molecular complexity index is 1070. The van der Waals surface area contributed by atoms with E-state index in [9.17, 15) is 32.7 Å². The molecule has 0 aromatic heterocycles. The van der Waals surface area contributed by atoms with Gasteiger partial charge in [-0.05, 0) is 65.2 Å². The lowest BCUT2D eigenvalue weighted by Gasteiger charge is -2.36. The number of carbonyl (C=O) groups excluding carboxylic acids is 3. The van der Waals surface area contributed by atoms with E-state index in [4.69, 9.17) is 9.47 Å². The summed E-state index contributed by atoms with van der Waals surface area (Å²) < 4.78 is 50.2. The first kappa shape index (κ1) is 36.1. The van der Waals surface area contributed by atoms with Crippen LogP contribution in [0.2, 0.25) is 0 Å². The molecule has 0 saturated heterocycles. The van der Waals surface area contributed by atoms with E-state index in [1.807, 2.05) is 27.7 Å². The third-order valence-electron chi connectivity index (χ3n) is 7.18. The number of carbonyl (C=O) groups is 3. The van der Waals surface area contributed by atoms with Crippen molar-refractivity contribution in [3.8, 4) is 5.75 Å². The molecule has 1 aromatic rings. The van der Waals surface area contributed by atoms with Crippen LogP contribution in [0.5, 0.6) is 5.75 Å². The van der Waals surface area contributed by atoms with Gasteiger partial charge in [-0.3, -0.25) is 9.59 Å². The van der Waals surface area contributed by atoms with Gasteiger partial charge in [0.2, 0.25) is 5.91 Å². The lowest BCUT2D eigenvalue weighted by molar-refractivity contribution is -0.142. The molecular weight excluding hydrogens is 569 g/mol. The van der Waals surface area contributed by atoms with E-state index in [-0.39, 0.29) is 60.8 Å². The van der Waals surface area contributed by atoms with Crippen LogP contribution in [0.15, 0.2) is 18.2 Å². The van der Waals surface area contributed by atoms with E-state index in [1.165, 1.54) is 23.1 Å². The molecule has 244 valence electrons. The summed E-state index contributed by atoms with van der Waals surface area (Å²) >= 11 is 0. The Kier molecular flexibility index (Phi) is 14.0. The van der Waals surface area contributed by atoms with Gasteiger partial charge in [0.1, 0.15) is 5.75 Å². The van der Waals surface area contributed by atoms with Crippen molar-refractivity contribution in [2.75, 3.05) is 38.7 Å². The van der Waals surface area contributed by atoms with Crippen molar-refractivity contribution in [2.24, 2.45) is 5.92 Å². The Morgan fingerprint density at radius 3 is 2.51 bits per heavy atom. The van der Waals surface area contributed by atoms with Crippen LogP contribution in [0.4, 0.5) is 23.7 Å². The fraction of sp³-hybridized carbons (Fsp3) is 0.700. The molecule has 0 saturated carbocycles. The minimum absolute atomic E-state index is 0.0422. The van der Waals surface area contributed by atoms with Crippen LogP contribution in [-0.2, 0) is 9.53 Å². The van der Waals surface area contributed by atoms with Gasteiger partial charge in [-0.2, -0.15) is 13.2 Å². The van der Waals surface area contributed by atoms with Crippen LogP contribution in [0.1, 0.15) is 77.1 Å². The highest BCUT2D eigenvalue weighted by molar-refractivity contribution is 5.99. The highest BCUT2D eigenvalue weighted by Crippen LogP contribution is 2.29. The van der Waals surface area contributed by atoms with Crippen LogP contribution in [0.3, 0.4) is 0 Å². The lowest BCUT2D eigenvalue weighted by atomic mass is 10.0. The molecule has 2 rings (SSSR count). The van der Waals surface area contributed by atoms with Gasteiger partial charge in [-0.1, -0.05) is 6.92 Å². The normalized spacial score (nSPS) is 21.3. The summed E-state index contributed by atoms with van der Waals surface area (Å²) in [6.45, 7) is 9.78. The Morgan fingerprint density at radius 1 is 1.19 bits per heavy atom. The van der Waals surface area contributed by atoms with Gasteiger partial charge in [0.15, 0.2) is 0 Å². The second-order valence-corrected chi connectivity index (χ2v) is 11.7. The van der Waals surface area contributed by atoms with Crippen LogP contribution >= 0.6 is 0 Å². The summed E-state index contributed by atoms with van der Waals surface area (Å²) in [4.78, 5) is 41.9. The molecule has 4 amide bonds. The summed E-state index contributed by atoms with van der Waals surface area (Å²) in [6, 6.07) is 3.50. The van der Waals surface area contributed by atoms with Crippen molar-refractivity contribution in [3.63, 3.8) is 0 Å². The number of alkyl halides is 3. The Morgan fingerprint density at radius 2 is 1.88 bits per heavy atom. The van der Waals surface area contributed by atoms with Crippen LogP contribution in [0.25, 0.3) is 0 Å². The SMILES string of the molecule is CC(C)NC(=O)N(C)C[C@H]1OCCCC[C@@H](C)Oc2ccc(NC(=O)CCC(F)(F)F)cc2C(=O)N([C@@H](C)CO)C[C@@H]1C. The maximum atomic E-state index is 14.1. The number of likely N-dealkylation sites (N-methyl/N-ethyl adjacent to an activating group) is 1. The van der Waals surface area contributed by atoms with E-state index in [0.717, 1.165) is 12.8 Å². The van der Waals surface area contributed by atoms with Crippen molar-refractivity contribution in [3.05, 3.63) is 23.8 Å². The minimum atomic E-state index is -4.47. The van der Waals surface area contributed by atoms with Crippen molar-refractivity contribution in [1.29, 1.82) is 0 Å². The summed E-state index contributed by atoms with van der Waals surface area (Å²) in [7, 11) is 1.68. The molecule has 10 nitrogen and oxygen atoms in total. The number of benzene rings is 1. The number of urea groups is 1. The average Bonchev–Trinajstić information content (AvgIpc) is 2.92. The predicted molar refractivity (Wildman–Crippen MR) is 157 cm³/mol. The zero-order valence-electron chi connectivity index (χ0n) is 26.0. The van der Waals surface area contributed by atoms with Crippen molar-refractivity contribution in [2.45, 2.75) is 97.2 Å². The van der Waals surface area contributed by atoms with Gasteiger partial charge in [0.05, 0.1) is 36.8 Å². The zero-order chi connectivity index (χ0) is 32.3. The molecule has 0 aliphatic carbocycles. The van der Waals surface area contributed by atoms with Crippen LogP contribution < -0.4 is 15.4 Å². The molecule has 0 unspecified atom stereocenters. The number of rotatable bonds is 8. The van der Waals surface area contributed by atoms with Crippen LogP contribution in [0, 0.1) is 5.92 Å². The summed E-state index contributed by atoms with van der Waals surface area (Å²) in [5.41, 5.74) is 0.260. The maximum absolute atomic E-state index is 14.1. The van der Waals surface area contributed by atoms with Gasteiger partial charge in [-0.15, -0.1) is 0 Å². The second-order valence-electron chi connectivity index (χ2n) is 11.7. The van der Waals surface area contributed by atoms with Crippen molar-refractivity contribution < 1.29 is 42.1 Å². The predicted octanol–water partition coefficient (Wildman–Crippen LogP) is 4.81. The number of aliphatic hydroxyl groups excluding tert-OH is 1. The van der Waals surface area contributed by atoms with Gasteiger partial charge >= 0.3 is 12.2 Å². The number of hydrogen-bond acceptors (Lipinski definition) is 6. The molecule has 1 heterocycles. The topological polar surface area (TPSA) is 120 Å². The molecule has 3 N–H and O–H groups in total. The van der Waals surface area contributed by atoms with Crippen molar-refractivity contribution in [1.82, 2.24) is 15.1 Å². The van der Waals surface area contributed by atoms with Crippen molar-refractivity contribution >= 4 is 23.5 Å². The summed E-state index contributed by atoms with van der Waals surface area (Å²) in [5.74, 6) is -1.31. The second kappa shape index (κ2) is 16.7. The molecule has 1 aromatic carbocycles. The molecule has 0 bridgehead atoms. The number of nitrogens with zero attached hydrogens (tertiary/aromatic N) is 2. The average molecular weight is 617 g/mol. The van der Waals surface area contributed by atoms with E-state index in [0.29, 0.717) is 13.0 Å². The maximum Gasteiger partial charge on any atom is 0.389 e. The highest BCUT2D eigenvalue weighted by Gasteiger charge is 2.31. The number of hydrogen-bond donors (Lipinski definition) is 3. The Hall–Kier alpha value is -3.06. The standard InChI is InChI=1S/C30H47F3N4O6/c1-19(2)34-29(41)36(6)17-26-20(3)16-37(21(4)18-38)28(40)24-15-23(35-27(39)12-13-30(31,32)33)10-11-25(24)43-22(5)9-7-8-14-42-26/h10-11,15,19-22,26,38H,7-9,12-14,16-18H2,1-6H3,(H,34,41)(H,35,39)/t20-,21-,22+,26+/m0/s1. The van der Waals surface area contributed by atoms with Gasteiger partial charge < -0.3 is 35.0 Å². The highest BCUT2D eigenvalue weighted by atomic mass is 19.4. The molecule has 43 heavy (non-hydrogen) atoms. The number of halogens is 3. The monoisotopic (exact) mass is 616 g/mol. The van der Waals surface area contributed by atoms with E-state index in [2.05, 4.69) is 10.6 Å². The van der Waals surface area contributed by atoms with Crippen LogP contribution in [-0.4, -0.2) is 96.6 Å². The third-order valence-corrected chi connectivity index (χ3v) is 7.18. The van der Waals surface area contributed by atoms with E-state index < -0.39 is 43.0 Å². The first-order valence-corrected chi connectivity index (χ1v) is 14.8. The van der Waals surface area contributed by atoms with Gasteiger partial charge in [0.25, 0.3) is 5.91 Å². The zero-order valence-corrected chi connectivity index (χ0v) is 26.0. The quantitative estimate of drug-likeness (QED) is 0.386. The summed E-state index contributed by atoms with van der Waals surface area (Å²) in [5, 5.41) is 15.4. The van der Waals surface area contributed by atoms with Gasteiger partial charge in [-0.25, -0.2) is 4.79 Å². The first-order chi connectivity index (χ1) is 20.1. The largest absolute Gasteiger partial charge is 0.490 e. The first-order valence-electron chi connectivity index (χ1n) is 14.8. The minimum Gasteiger partial charge on any atom is -0.490 e.